The van der Waals surface area contributed by atoms with Crippen LogP contribution in [-0.4, -0.2) is 134 Å². The molecule has 0 bridgehead atoms. The fourth-order valence-electron chi connectivity index (χ4n) is 4.01. The molecule has 0 aliphatic carbocycles. The van der Waals surface area contributed by atoms with E-state index in [9.17, 15) is 50.4 Å². The molecule has 0 aliphatic rings. The average Bonchev–Trinajstić information content (AvgIpc) is 2.96. The third-order valence-corrected chi connectivity index (χ3v) is 6.80. The Morgan fingerprint density at radius 2 is 1.11 bits per heavy atom. The molecule has 0 aliphatic heterocycles. The normalized spacial score (nSPS) is 18.4. The average molecular weight is 642 g/mol. The summed E-state index contributed by atoms with van der Waals surface area (Å²) in [6, 6.07) is 0. The van der Waals surface area contributed by atoms with Crippen LogP contribution in [0.4, 0.5) is 0 Å². The van der Waals surface area contributed by atoms with Crippen molar-refractivity contribution in [1.82, 2.24) is 16.0 Å². The minimum Gasteiger partial charge on any atom is -0.390 e. The lowest BCUT2D eigenvalue weighted by molar-refractivity contribution is -0.128. The lowest BCUT2D eigenvalue weighted by Gasteiger charge is -2.29. The van der Waals surface area contributed by atoms with E-state index in [2.05, 4.69) is 16.0 Å². The van der Waals surface area contributed by atoms with E-state index in [0.29, 0.717) is 19.3 Å². The number of methoxy groups -OCH3 is 1. The minimum absolute atomic E-state index is 0.0735. The molecule has 0 aromatic heterocycles. The van der Waals surface area contributed by atoms with Crippen molar-refractivity contribution >= 4 is 11.8 Å². The monoisotopic (exact) mass is 641 g/mol. The molecule has 0 fully saturated rings. The summed E-state index contributed by atoms with van der Waals surface area (Å²) in [5, 5.41) is 85.1. The maximum atomic E-state index is 12.3. The van der Waals surface area contributed by atoms with Crippen LogP contribution in [0.15, 0.2) is 0 Å². The molecule has 0 radical (unpaired) electrons. The molecule has 11 N–H and O–H groups in total. The minimum atomic E-state index is -1.58. The standard InChI is InChI=1S/C19H38N2O7.C11H25NO4/c1-6-13(22)16(25)17(26)14(23)10-20-15(24)8-7-12(9-19(2,3)4)18(27)21-11-28-5;1-5-7(13)9(15)10(16)8(14)6-12-11(2,3)4/h12-14,16-17,22-23,25-26H,6-11H2,1-5H3,(H,20,24)(H,21,27);7-10,12-16H,5-6H2,1-4H3/t;7-,8+,9-,10-/m.1/s1. The predicted octanol–water partition coefficient (Wildman–Crippen LogP) is -1.26. The number of aliphatic hydroxyl groups is 8. The SMILES string of the molecule is CCC(O)C(O)C(O)C(O)CNC(=O)CCC(CC(C)(C)C)C(=O)NCOC.CC[C@@H](O)[C@@H](O)[C@H](O)[C@@H](O)CNC(C)(C)C. The molecule has 0 spiro atoms. The number of aliphatic hydroxyl groups excluding tert-OH is 8. The largest absolute Gasteiger partial charge is 0.390 e. The maximum Gasteiger partial charge on any atom is 0.224 e. The van der Waals surface area contributed by atoms with Gasteiger partial charge in [0.05, 0.1) is 24.4 Å². The van der Waals surface area contributed by atoms with Gasteiger partial charge in [0, 0.05) is 38.1 Å². The van der Waals surface area contributed by atoms with Gasteiger partial charge in [-0.1, -0.05) is 34.6 Å². The van der Waals surface area contributed by atoms with Gasteiger partial charge in [-0.15, -0.1) is 0 Å². The van der Waals surface area contributed by atoms with Crippen LogP contribution in [0.25, 0.3) is 0 Å². The Balaban J connectivity index is 0. The summed E-state index contributed by atoms with van der Waals surface area (Å²) in [6.07, 6.45) is -8.89. The predicted molar refractivity (Wildman–Crippen MR) is 166 cm³/mol. The first-order valence-corrected chi connectivity index (χ1v) is 15.3. The van der Waals surface area contributed by atoms with Crippen LogP contribution in [0.5, 0.6) is 0 Å². The fraction of sp³-hybridized carbons (Fsp3) is 0.933. The molecule has 5 unspecified atom stereocenters. The number of carbonyl (C=O) groups excluding carboxylic acids is 2. The van der Waals surface area contributed by atoms with Crippen LogP contribution in [-0.2, 0) is 14.3 Å². The molecule has 0 saturated heterocycles. The smallest absolute Gasteiger partial charge is 0.224 e. The number of amides is 2. The Labute approximate surface area is 263 Å². The van der Waals surface area contributed by atoms with Crippen molar-refractivity contribution in [2.24, 2.45) is 11.3 Å². The van der Waals surface area contributed by atoms with Crippen molar-refractivity contribution in [3.63, 3.8) is 0 Å². The van der Waals surface area contributed by atoms with Gasteiger partial charge in [0.15, 0.2) is 0 Å². The van der Waals surface area contributed by atoms with Gasteiger partial charge in [0.2, 0.25) is 11.8 Å². The highest BCUT2D eigenvalue weighted by atomic mass is 16.5. The molecule has 2 amide bonds. The van der Waals surface area contributed by atoms with Crippen molar-refractivity contribution in [3.05, 3.63) is 0 Å². The third-order valence-electron chi connectivity index (χ3n) is 6.80. The van der Waals surface area contributed by atoms with Crippen molar-refractivity contribution in [3.8, 4) is 0 Å². The van der Waals surface area contributed by atoms with Gasteiger partial charge in [0.1, 0.15) is 31.1 Å². The first-order chi connectivity index (χ1) is 20.1. The second kappa shape index (κ2) is 22.1. The van der Waals surface area contributed by atoms with E-state index in [1.807, 2.05) is 41.5 Å². The number of hydrogen-bond donors (Lipinski definition) is 11. The van der Waals surface area contributed by atoms with E-state index in [1.54, 1.807) is 13.8 Å². The van der Waals surface area contributed by atoms with Crippen molar-refractivity contribution in [2.45, 2.75) is 142 Å². The second-order valence-electron chi connectivity index (χ2n) is 13.5. The van der Waals surface area contributed by atoms with E-state index in [4.69, 9.17) is 4.74 Å². The van der Waals surface area contributed by atoms with Crippen molar-refractivity contribution in [2.75, 3.05) is 26.9 Å². The van der Waals surface area contributed by atoms with E-state index in [-0.39, 0.29) is 61.3 Å². The molecule has 14 heteroatoms. The highest BCUT2D eigenvalue weighted by Gasteiger charge is 2.31. The topological polar surface area (TPSA) is 241 Å². The van der Waals surface area contributed by atoms with Crippen LogP contribution in [0.1, 0.15) is 87.5 Å². The number of nitrogens with one attached hydrogen (secondary N) is 3. The van der Waals surface area contributed by atoms with Gasteiger partial charge in [-0.3, -0.25) is 9.59 Å². The molecule has 0 aromatic rings. The zero-order valence-electron chi connectivity index (χ0n) is 28.2. The molecule has 14 nitrogen and oxygen atoms in total. The first-order valence-electron chi connectivity index (χ1n) is 15.3. The van der Waals surface area contributed by atoms with Gasteiger partial charge in [-0.25, -0.2) is 0 Å². The molecular formula is C30H63N3O11. The number of rotatable bonds is 19. The molecular weight excluding hydrogens is 578 g/mol. The Morgan fingerprint density at radius 1 is 0.682 bits per heavy atom. The van der Waals surface area contributed by atoms with Crippen molar-refractivity contribution in [1.29, 1.82) is 0 Å². The fourth-order valence-corrected chi connectivity index (χ4v) is 4.01. The van der Waals surface area contributed by atoms with Crippen LogP contribution in [0, 0.1) is 11.3 Å². The molecule has 44 heavy (non-hydrogen) atoms. The summed E-state index contributed by atoms with van der Waals surface area (Å²) < 4.78 is 4.85. The Kier molecular flexibility index (Phi) is 22.5. The Hall–Kier alpha value is -1.46. The molecule has 0 aromatic carbocycles. The van der Waals surface area contributed by atoms with Gasteiger partial charge in [0.25, 0.3) is 0 Å². The Morgan fingerprint density at radius 3 is 1.50 bits per heavy atom. The van der Waals surface area contributed by atoms with Gasteiger partial charge in [-0.2, -0.15) is 0 Å². The van der Waals surface area contributed by atoms with Crippen LogP contribution < -0.4 is 16.0 Å². The quantitative estimate of drug-likeness (QED) is 0.0741. The van der Waals surface area contributed by atoms with Gasteiger partial charge >= 0.3 is 0 Å². The van der Waals surface area contributed by atoms with Crippen LogP contribution >= 0.6 is 0 Å². The second-order valence-corrected chi connectivity index (χ2v) is 13.5. The lowest BCUT2D eigenvalue weighted by atomic mass is 9.82. The zero-order valence-corrected chi connectivity index (χ0v) is 28.2. The maximum absolute atomic E-state index is 12.3. The van der Waals surface area contributed by atoms with E-state index < -0.39 is 48.8 Å². The zero-order chi connectivity index (χ0) is 34.8. The summed E-state index contributed by atoms with van der Waals surface area (Å²) in [6.45, 7) is 15.2. The molecule has 0 rings (SSSR count). The summed E-state index contributed by atoms with van der Waals surface area (Å²) in [4.78, 5) is 24.3. The Bertz CT molecular complexity index is 776. The number of ether oxygens (including phenoxy) is 1. The number of carbonyl (C=O) groups is 2. The molecule has 264 valence electrons. The van der Waals surface area contributed by atoms with Gasteiger partial charge in [-0.05, 0) is 51.9 Å². The van der Waals surface area contributed by atoms with Crippen LogP contribution in [0.2, 0.25) is 0 Å². The highest BCUT2D eigenvalue weighted by Crippen LogP contribution is 2.27. The number of hydrogen-bond acceptors (Lipinski definition) is 12. The van der Waals surface area contributed by atoms with Crippen LogP contribution in [0.3, 0.4) is 0 Å². The van der Waals surface area contributed by atoms with Gasteiger partial charge < -0.3 is 61.5 Å². The van der Waals surface area contributed by atoms with E-state index >= 15 is 0 Å². The molecule has 0 saturated carbocycles. The lowest BCUT2D eigenvalue weighted by Crippen LogP contribution is -2.50. The first kappa shape index (κ1) is 44.7. The summed E-state index contributed by atoms with van der Waals surface area (Å²) in [5.41, 5.74) is -0.267. The molecule has 0 heterocycles. The van der Waals surface area contributed by atoms with E-state index in [1.165, 1.54) is 7.11 Å². The summed E-state index contributed by atoms with van der Waals surface area (Å²) >= 11 is 0. The van der Waals surface area contributed by atoms with E-state index in [0.717, 1.165) is 0 Å². The summed E-state index contributed by atoms with van der Waals surface area (Å²) in [5.74, 6) is -0.926. The third kappa shape index (κ3) is 20.5. The van der Waals surface area contributed by atoms with Crippen molar-refractivity contribution < 1.29 is 55.2 Å². The molecule has 9 atom stereocenters. The highest BCUT2D eigenvalue weighted by molar-refractivity contribution is 5.80. The number of β-amino-alcohol motifs (C(OH)–C–C–N with tert-alkyl or cyclic N) is 1. The summed E-state index contributed by atoms with van der Waals surface area (Å²) in [7, 11) is 1.47.